The normalized spacial score (nSPS) is 25.5. The van der Waals surface area contributed by atoms with Crippen LogP contribution >= 0.6 is 0 Å². The summed E-state index contributed by atoms with van der Waals surface area (Å²) in [5.74, 6) is -0.901. The summed E-state index contributed by atoms with van der Waals surface area (Å²) in [7, 11) is -0.980. The number of rotatable bonds is 2. The third kappa shape index (κ3) is 2.10. The smallest absolute Gasteiger partial charge is 0.333 e. The molecule has 2 aliphatic heterocycles. The molecule has 2 heterocycles. The van der Waals surface area contributed by atoms with E-state index >= 15 is 0 Å². The molecule has 0 radical (unpaired) electrons. The zero-order valence-electron chi connectivity index (χ0n) is 14.3. The van der Waals surface area contributed by atoms with Gasteiger partial charge in [-0.05, 0) is 17.5 Å². The third-order valence-electron chi connectivity index (χ3n) is 5.15. The van der Waals surface area contributed by atoms with E-state index in [1.807, 2.05) is 0 Å². The van der Waals surface area contributed by atoms with E-state index in [1.54, 1.807) is 17.6 Å². The van der Waals surface area contributed by atoms with Crippen LogP contribution in [-0.4, -0.2) is 54.8 Å². The Morgan fingerprint density at radius 2 is 1.82 bits per heavy atom. The summed E-state index contributed by atoms with van der Waals surface area (Å²) >= 11 is 0. The highest BCUT2D eigenvalue weighted by Gasteiger charge is 2.59. The standard InChI is InChI=1S/C15H24N2O4Si/c1-9-8-10-12(18)16(11(9)13(19)21-5)14(20)17(10)22(6,7)15(2,3)4/h8,10-11H,1-7H3/t10-,11+/m1/s1. The number of nitrogens with zero attached hydrogens (tertiary/aromatic N) is 2. The van der Waals surface area contributed by atoms with E-state index in [0.717, 1.165) is 4.90 Å². The molecule has 22 heavy (non-hydrogen) atoms. The van der Waals surface area contributed by atoms with Crippen molar-refractivity contribution in [2.24, 2.45) is 0 Å². The lowest BCUT2D eigenvalue weighted by molar-refractivity contribution is -0.148. The van der Waals surface area contributed by atoms with Gasteiger partial charge in [-0.15, -0.1) is 0 Å². The van der Waals surface area contributed by atoms with Gasteiger partial charge in [-0.1, -0.05) is 39.9 Å². The fourth-order valence-corrected chi connectivity index (χ4v) is 5.05. The first-order valence-corrected chi connectivity index (χ1v) is 10.3. The number of fused-ring (bicyclic) bond motifs is 2. The fourth-order valence-electron chi connectivity index (χ4n) is 2.86. The highest BCUT2D eigenvalue weighted by molar-refractivity contribution is 6.80. The minimum Gasteiger partial charge on any atom is -0.467 e. The fraction of sp³-hybridized carbons (Fsp3) is 0.667. The van der Waals surface area contributed by atoms with Crippen molar-refractivity contribution in [2.45, 2.75) is 57.9 Å². The van der Waals surface area contributed by atoms with Gasteiger partial charge in [0.25, 0.3) is 5.91 Å². The van der Waals surface area contributed by atoms with Gasteiger partial charge in [-0.25, -0.2) is 14.5 Å². The van der Waals surface area contributed by atoms with E-state index < -0.39 is 26.3 Å². The third-order valence-corrected chi connectivity index (χ3v) is 10.5. The number of hydrogen-bond donors (Lipinski definition) is 0. The van der Waals surface area contributed by atoms with Crippen molar-refractivity contribution >= 4 is 26.1 Å². The summed E-state index contributed by atoms with van der Waals surface area (Å²) in [4.78, 5) is 38.6. The molecule has 2 rings (SSSR count). The maximum absolute atomic E-state index is 12.9. The van der Waals surface area contributed by atoms with Gasteiger partial charge in [0, 0.05) is 0 Å². The number of carbonyl (C=O) groups excluding carboxylic acids is 3. The van der Waals surface area contributed by atoms with Gasteiger partial charge >= 0.3 is 12.0 Å². The Morgan fingerprint density at radius 1 is 1.27 bits per heavy atom. The Hall–Kier alpha value is -1.63. The summed E-state index contributed by atoms with van der Waals surface area (Å²) in [6.45, 7) is 12.2. The zero-order chi connectivity index (χ0) is 17.0. The predicted octanol–water partition coefficient (Wildman–Crippen LogP) is 2.13. The first-order chi connectivity index (χ1) is 9.95. The molecular weight excluding hydrogens is 300 g/mol. The van der Waals surface area contributed by atoms with Crippen molar-refractivity contribution in [1.82, 2.24) is 9.47 Å². The van der Waals surface area contributed by atoms with Crippen LogP contribution in [0.4, 0.5) is 4.79 Å². The molecular formula is C15H24N2O4Si. The number of amides is 3. The molecule has 0 unspecified atom stereocenters. The Bertz CT molecular complexity index is 577. The van der Waals surface area contributed by atoms with E-state index in [1.165, 1.54) is 7.11 Å². The summed E-state index contributed by atoms with van der Waals surface area (Å²) in [6, 6.07) is -1.89. The zero-order valence-corrected chi connectivity index (χ0v) is 15.3. The number of esters is 1. The SMILES string of the molecule is COC(=O)[C@@H]1C(C)=C[C@@H]2C(=O)N1C(=O)N2[Si](C)(C)C(C)(C)C. The number of urea groups is 1. The van der Waals surface area contributed by atoms with E-state index in [9.17, 15) is 14.4 Å². The Morgan fingerprint density at radius 3 is 2.27 bits per heavy atom. The summed E-state index contributed by atoms with van der Waals surface area (Å²) in [5, 5.41) is -0.0932. The molecule has 122 valence electrons. The van der Waals surface area contributed by atoms with E-state index in [4.69, 9.17) is 4.74 Å². The number of hydrogen-bond acceptors (Lipinski definition) is 4. The van der Waals surface area contributed by atoms with E-state index in [0.29, 0.717) is 5.57 Å². The van der Waals surface area contributed by atoms with Gasteiger partial charge in [0.1, 0.15) is 6.04 Å². The first-order valence-electron chi connectivity index (χ1n) is 7.37. The van der Waals surface area contributed by atoms with Crippen molar-refractivity contribution < 1.29 is 19.1 Å². The minimum atomic E-state index is -2.24. The van der Waals surface area contributed by atoms with Gasteiger partial charge in [0.2, 0.25) is 0 Å². The summed E-state index contributed by atoms with van der Waals surface area (Å²) in [6.07, 6.45) is 1.74. The Kier molecular flexibility index (Phi) is 3.76. The molecule has 0 aromatic carbocycles. The molecule has 6 nitrogen and oxygen atoms in total. The van der Waals surface area contributed by atoms with Crippen LogP contribution in [0.15, 0.2) is 11.6 Å². The van der Waals surface area contributed by atoms with Crippen LogP contribution in [0, 0.1) is 0 Å². The van der Waals surface area contributed by atoms with E-state index in [2.05, 4.69) is 33.9 Å². The quantitative estimate of drug-likeness (QED) is 0.338. The Labute approximate surface area is 132 Å². The second-order valence-corrected chi connectivity index (χ2v) is 12.6. The predicted molar refractivity (Wildman–Crippen MR) is 84.6 cm³/mol. The van der Waals surface area contributed by atoms with Crippen LogP contribution < -0.4 is 0 Å². The Balaban J connectivity index is 2.53. The average molecular weight is 324 g/mol. The lowest BCUT2D eigenvalue weighted by atomic mass is 10.0. The topological polar surface area (TPSA) is 66.9 Å². The van der Waals surface area contributed by atoms with Crippen molar-refractivity contribution in [3.05, 3.63) is 11.6 Å². The maximum Gasteiger partial charge on any atom is 0.333 e. The maximum atomic E-state index is 12.9. The first kappa shape index (κ1) is 16.7. The molecule has 2 atom stereocenters. The molecule has 0 spiro atoms. The number of imide groups is 1. The van der Waals surface area contributed by atoms with Crippen LogP contribution in [0.1, 0.15) is 27.7 Å². The molecule has 2 bridgehead atoms. The second-order valence-electron chi connectivity index (χ2n) is 7.45. The molecule has 2 aliphatic rings. The molecule has 1 fully saturated rings. The monoisotopic (exact) mass is 324 g/mol. The molecule has 0 N–H and O–H groups in total. The van der Waals surface area contributed by atoms with Crippen LogP contribution in [0.3, 0.4) is 0 Å². The molecule has 0 aliphatic carbocycles. The summed E-state index contributed by atoms with van der Waals surface area (Å²) in [5.41, 5.74) is 0.686. The van der Waals surface area contributed by atoms with Crippen LogP contribution in [-0.2, 0) is 14.3 Å². The van der Waals surface area contributed by atoms with E-state index in [-0.39, 0.29) is 17.0 Å². The minimum absolute atomic E-state index is 0.0932. The molecule has 0 aromatic rings. The molecule has 3 amide bonds. The molecule has 1 saturated heterocycles. The van der Waals surface area contributed by atoms with Gasteiger partial charge < -0.3 is 9.30 Å². The summed E-state index contributed by atoms with van der Waals surface area (Å²) < 4.78 is 6.49. The van der Waals surface area contributed by atoms with Gasteiger partial charge in [-0.3, -0.25) is 4.79 Å². The highest BCUT2D eigenvalue weighted by Crippen LogP contribution is 2.44. The average Bonchev–Trinajstić information content (AvgIpc) is 2.54. The number of ether oxygens (including phenoxy) is 1. The molecule has 0 saturated carbocycles. The largest absolute Gasteiger partial charge is 0.467 e. The molecule has 7 heteroatoms. The second kappa shape index (κ2) is 4.94. The lowest BCUT2D eigenvalue weighted by Crippen LogP contribution is -2.58. The van der Waals surface area contributed by atoms with Crippen molar-refractivity contribution in [3.63, 3.8) is 0 Å². The van der Waals surface area contributed by atoms with Crippen LogP contribution in [0.25, 0.3) is 0 Å². The lowest BCUT2D eigenvalue weighted by Gasteiger charge is -2.44. The van der Waals surface area contributed by atoms with Crippen LogP contribution in [0.5, 0.6) is 0 Å². The van der Waals surface area contributed by atoms with Crippen molar-refractivity contribution in [1.29, 1.82) is 0 Å². The van der Waals surface area contributed by atoms with Crippen molar-refractivity contribution in [3.8, 4) is 0 Å². The van der Waals surface area contributed by atoms with Gasteiger partial charge in [0.15, 0.2) is 14.3 Å². The van der Waals surface area contributed by atoms with Gasteiger partial charge in [0.05, 0.1) is 7.11 Å². The van der Waals surface area contributed by atoms with Gasteiger partial charge in [-0.2, -0.15) is 0 Å². The number of carbonyl (C=O) groups is 3. The van der Waals surface area contributed by atoms with Crippen LogP contribution in [0.2, 0.25) is 18.1 Å². The number of methoxy groups -OCH3 is 1. The van der Waals surface area contributed by atoms with Crippen molar-refractivity contribution in [2.75, 3.05) is 7.11 Å². The molecule has 0 aromatic heterocycles. The highest BCUT2D eigenvalue weighted by atomic mass is 28.3.